The van der Waals surface area contributed by atoms with Crippen LogP contribution in [-0.2, 0) is 16.0 Å². The highest BCUT2D eigenvalue weighted by molar-refractivity contribution is 7.15. The van der Waals surface area contributed by atoms with E-state index in [0.29, 0.717) is 18.7 Å². The number of furan rings is 1. The summed E-state index contributed by atoms with van der Waals surface area (Å²) in [7, 11) is 0. The molecule has 0 bridgehead atoms. The van der Waals surface area contributed by atoms with Gasteiger partial charge in [0.05, 0.1) is 11.1 Å². The van der Waals surface area contributed by atoms with Gasteiger partial charge in [0.15, 0.2) is 0 Å². The highest BCUT2D eigenvalue weighted by Gasteiger charge is 2.13. The van der Waals surface area contributed by atoms with Crippen molar-refractivity contribution in [1.82, 2.24) is 5.32 Å². The van der Waals surface area contributed by atoms with Crippen molar-refractivity contribution in [3.63, 3.8) is 0 Å². The van der Waals surface area contributed by atoms with E-state index in [1.165, 1.54) is 0 Å². The van der Waals surface area contributed by atoms with Crippen LogP contribution in [-0.4, -0.2) is 18.4 Å². The van der Waals surface area contributed by atoms with Gasteiger partial charge in [-0.2, -0.15) is 0 Å². The second-order valence-electron chi connectivity index (χ2n) is 5.07. The van der Waals surface area contributed by atoms with Crippen LogP contribution in [0.5, 0.6) is 0 Å². The SMILES string of the molecule is O=C(NCCc1ccc(-c2ccco2)s1)C(=O)Nc1ccccc1. The minimum Gasteiger partial charge on any atom is -0.464 e. The molecule has 0 aliphatic carbocycles. The molecule has 0 aliphatic rings. The molecule has 0 aliphatic heterocycles. The summed E-state index contributed by atoms with van der Waals surface area (Å²) in [5.74, 6) is -0.470. The largest absolute Gasteiger partial charge is 0.464 e. The van der Waals surface area contributed by atoms with Crippen LogP contribution >= 0.6 is 11.3 Å². The number of hydrogen-bond acceptors (Lipinski definition) is 4. The van der Waals surface area contributed by atoms with Crippen molar-refractivity contribution >= 4 is 28.8 Å². The van der Waals surface area contributed by atoms with Crippen molar-refractivity contribution in [3.05, 3.63) is 65.7 Å². The Hall–Kier alpha value is -2.86. The number of carbonyl (C=O) groups excluding carboxylic acids is 2. The number of benzene rings is 1. The van der Waals surface area contributed by atoms with Gasteiger partial charge >= 0.3 is 11.8 Å². The third-order valence-electron chi connectivity index (χ3n) is 3.32. The molecule has 1 aromatic carbocycles. The molecule has 0 radical (unpaired) electrons. The van der Waals surface area contributed by atoms with Gasteiger partial charge in [-0.1, -0.05) is 18.2 Å². The first-order chi connectivity index (χ1) is 11.7. The second kappa shape index (κ2) is 7.61. The molecule has 2 heterocycles. The summed E-state index contributed by atoms with van der Waals surface area (Å²) in [6, 6.07) is 16.6. The third-order valence-corrected chi connectivity index (χ3v) is 4.48. The molecule has 0 atom stereocenters. The van der Waals surface area contributed by atoms with Gasteiger partial charge in [0, 0.05) is 17.1 Å². The molecule has 2 aromatic heterocycles. The van der Waals surface area contributed by atoms with Crippen LogP contribution in [0.1, 0.15) is 4.88 Å². The molecular weight excluding hydrogens is 324 g/mol. The minimum absolute atomic E-state index is 0.402. The van der Waals surface area contributed by atoms with Gasteiger partial charge in [-0.25, -0.2) is 0 Å². The highest BCUT2D eigenvalue weighted by Crippen LogP contribution is 2.28. The van der Waals surface area contributed by atoms with Gasteiger partial charge in [0.25, 0.3) is 0 Å². The summed E-state index contributed by atoms with van der Waals surface area (Å²) in [5.41, 5.74) is 0.596. The second-order valence-corrected chi connectivity index (χ2v) is 6.24. The lowest BCUT2D eigenvalue weighted by molar-refractivity contribution is -0.136. The smallest absolute Gasteiger partial charge is 0.313 e. The van der Waals surface area contributed by atoms with Gasteiger partial charge in [0.1, 0.15) is 5.76 Å². The van der Waals surface area contributed by atoms with E-state index in [1.807, 2.05) is 30.3 Å². The summed E-state index contributed by atoms with van der Waals surface area (Å²) in [4.78, 5) is 25.7. The zero-order chi connectivity index (χ0) is 16.8. The maximum atomic E-state index is 11.8. The predicted octanol–water partition coefficient (Wildman–Crippen LogP) is 3.31. The van der Waals surface area contributed by atoms with E-state index >= 15 is 0 Å². The standard InChI is InChI=1S/C18H16N2O3S/c21-17(18(22)20-13-5-2-1-3-6-13)19-11-10-14-8-9-16(24-14)15-7-4-12-23-15/h1-9,12H,10-11H2,(H,19,21)(H,20,22). The van der Waals surface area contributed by atoms with Gasteiger partial charge in [-0.3, -0.25) is 9.59 Å². The normalized spacial score (nSPS) is 10.3. The van der Waals surface area contributed by atoms with Crippen LogP contribution in [0.3, 0.4) is 0 Å². The van der Waals surface area contributed by atoms with E-state index < -0.39 is 11.8 Å². The molecule has 2 N–H and O–H groups in total. The molecule has 0 saturated heterocycles. The predicted molar refractivity (Wildman–Crippen MR) is 93.8 cm³/mol. The lowest BCUT2D eigenvalue weighted by Gasteiger charge is -2.05. The van der Waals surface area contributed by atoms with E-state index in [-0.39, 0.29) is 0 Å². The fourth-order valence-electron chi connectivity index (χ4n) is 2.15. The fourth-order valence-corrected chi connectivity index (χ4v) is 3.13. The first-order valence-electron chi connectivity index (χ1n) is 7.49. The van der Waals surface area contributed by atoms with E-state index in [2.05, 4.69) is 10.6 Å². The molecule has 0 spiro atoms. The van der Waals surface area contributed by atoms with E-state index in [4.69, 9.17) is 4.42 Å². The number of thiophene rings is 1. The molecule has 0 fully saturated rings. The molecule has 6 heteroatoms. The van der Waals surface area contributed by atoms with Crippen LogP contribution in [0.15, 0.2) is 65.3 Å². The summed E-state index contributed by atoms with van der Waals surface area (Å²) in [6.45, 7) is 0.402. The lowest BCUT2D eigenvalue weighted by Crippen LogP contribution is -2.36. The maximum Gasteiger partial charge on any atom is 0.313 e. The topological polar surface area (TPSA) is 71.3 Å². The van der Waals surface area contributed by atoms with Crippen LogP contribution < -0.4 is 10.6 Å². The number of para-hydroxylation sites is 1. The molecule has 5 nitrogen and oxygen atoms in total. The van der Waals surface area contributed by atoms with E-state index in [1.54, 1.807) is 41.9 Å². The summed E-state index contributed by atoms with van der Waals surface area (Å²) < 4.78 is 5.35. The quantitative estimate of drug-likeness (QED) is 0.700. The summed E-state index contributed by atoms with van der Waals surface area (Å²) in [6.07, 6.45) is 2.30. The summed E-state index contributed by atoms with van der Waals surface area (Å²) in [5, 5.41) is 5.18. The number of amides is 2. The number of carbonyl (C=O) groups is 2. The van der Waals surface area contributed by atoms with E-state index in [0.717, 1.165) is 15.5 Å². The average molecular weight is 340 g/mol. The molecule has 2 amide bonds. The number of rotatable bonds is 5. The molecule has 122 valence electrons. The Balaban J connectivity index is 1.46. The van der Waals surface area contributed by atoms with Crippen LogP contribution in [0.2, 0.25) is 0 Å². The zero-order valence-electron chi connectivity index (χ0n) is 12.8. The van der Waals surface area contributed by atoms with Gasteiger partial charge in [-0.05, 0) is 42.8 Å². The molecule has 3 rings (SSSR count). The van der Waals surface area contributed by atoms with Crippen molar-refractivity contribution in [1.29, 1.82) is 0 Å². The fraction of sp³-hybridized carbons (Fsp3) is 0.111. The van der Waals surface area contributed by atoms with Crippen molar-refractivity contribution in [2.24, 2.45) is 0 Å². The average Bonchev–Trinajstić information content (AvgIpc) is 3.27. The monoisotopic (exact) mass is 340 g/mol. The van der Waals surface area contributed by atoms with Crippen molar-refractivity contribution in [2.45, 2.75) is 6.42 Å². The Morgan fingerprint density at radius 2 is 1.79 bits per heavy atom. The number of hydrogen-bond donors (Lipinski definition) is 2. The van der Waals surface area contributed by atoms with Gasteiger partial charge in [-0.15, -0.1) is 11.3 Å². The Morgan fingerprint density at radius 1 is 0.958 bits per heavy atom. The van der Waals surface area contributed by atoms with Crippen LogP contribution in [0, 0.1) is 0 Å². The van der Waals surface area contributed by atoms with E-state index in [9.17, 15) is 9.59 Å². The zero-order valence-corrected chi connectivity index (χ0v) is 13.6. The molecule has 3 aromatic rings. The molecular formula is C18H16N2O3S. The van der Waals surface area contributed by atoms with Crippen molar-refractivity contribution < 1.29 is 14.0 Å². The van der Waals surface area contributed by atoms with Crippen molar-refractivity contribution in [3.8, 4) is 10.6 Å². The highest BCUT2D eigenvalue weighted by atomic mass is 32.1. The Kier molecular flexibility index (Phi) is 5.08. The number of anilines is 1. The molecule has 0 saturated carbocycles. The maximum absolute atomic E-state index is 11.8. The minimum atomic E-state index is -0.663. The van der Waals surface area contributed by atoms with Crippen LogP contribution in [0.25, 0.3) is 10.6 Å². The first-order valence-corrected chi connectivity index (χ1v) is 8.31. The Bertz CT molecular complexity index is 810. The van der Waals surface area contributed by atoms with Gasteiger partial charge in [0.2, 0.25) is 0 Å². The molecule has 24 heavy (non-hydrogen) atoms. The Morgan fingerprint density at radius 3 is 2.54 bits per heavy atom. The third kappa shape index (κ3) is 4.11. The van der Waals surface area contributed by atoms with Crippen molar-refractivity contribution in [2.75, 3.05) is 11.9 Å². The van der Waals surface area contributed by atoms with Gasteiger partial charge < -0.3 is 15.1 Å². The molecule has 0 unspecified atom stereocenters. The van der Waals surface area contributed by atoms with Crippen LogP contribution in [0.4, 0.5) is 5.69 Å². The number of nitrogens with one attached hydrogen (secondary N) is 2. The Labute approximate surface area is 143 Å². The lowest BCUT2D eigenvalue weighted by atomic mass is 10.3. The first kappa shape index (κ1) is 16.0. The summed E-state index contributed by atoms with van der Waals surface area (Å²) >= 11 is 1.61.